The number of hydrogen-bond donors (Lipinski definition) is 1. The lowest BCUT2D eigenvalue weighted by Crippen LogP contribution is -2.31. The van der Waals surface area contributed by atoms with E-state index in [2.05, 4.69) is 10.3 Å². The number of thiazole rings is 1. The van der Waals surface area contributed by atoms with Crippen LogP contribution in [-0.2, 0) is 11.2 Å². The first-order valence-electron chi connectivity index (χ1n) is 9.94. The highest BCUT2D eigenvalue weighted by molar-refractivity contribution is 7.17. The average Bonchev–Trinajstić information content (AvgIpc) is 3.14. The number of carbonyl (C=O) groups is 4. The van der Waals surface area contributed by atoms with Gasteiger partial charge in [-0.1, -0.05) is 36.8 Å². The van der Waals surface area contributed by atoms with Crippen LogP contribution in [0.5, 0.6) is 0 Å². The lowest BCUT2D eigenvalue weighted by molar-refractivity contribution is -0.116. The predicted octanol–water partition coefficient (Wildman–Crippen LogP) is 3.62. The molecule has 1 aliphatic heterocycles. The molecule has 0 saturated carbocycles. The van der Waals surface area contributed by atoms with Crippen LogP contribution in [0.25, 0.3) is 0 Å². The Morgan fingerprint density at radius 3 is 2.67 bits per heavy atom. The smallest absolute Gasteiger partial charge is 0.261 e. The number of fused-ring (bicyclic) bond motifs is 2. The molecule has 0 bridgehead atoms. The number of nitrogens with one attached hydrogen (secondary N) is 1. The van der Waals surface area contributed by atoms with E-state index in [1.165, 1.54) is 16.2 Å². The Balaban J connectivity index is 1.33. The molecule has 4 rings (SSSR count). The van der Waals surface area contributed by atoms with Crippen LogP contribution < -0.4 is 5.32 Å². The van der Waals surface area contributed by atoms with Gasteiger partial charge in [-0.2, -0.15) is 0 Å². The van der Waals surface area contributed by atoms with Crippen molar-refractivity contribution in [2.75, 3.05) is 11.9 Å². The first kappa shape index (κ1) is 20.4. The zero-order valence-electron chi connectivity index (χ0n) is 17.2. The number of imide groups is 1. The topological polar surface area (TPSA) is 96.4 Å². The highest BCUT2D eigenvalue weighted by atomic mass is 32.1. The van der Waals surface area contributed by atoms with Crippen molar-refractivity contribution in [3.05, 3.63) is 45.5 Å². The normalized spacial score (nSPS) is 17.2. The number of nitrogens with zero attached hydrogens (tertiary/aromatic N) is 2. The minimum Gasteiger partial charge on any atom is -0.302 e. The second kappa shape index (κ2) is 7.43. The van der Waals surface area contributed by atoms with Gasteiger partial charge in [0.05, 0.1) is 21.7 Å². The summed E-state index contributed by atoms with van der Waals surface area (Å²) in [4.78, 5) is 55.8. The lowest BCUT2D eigenvalue weighted by atomic mass is 9.78. The van der Waals surface area contributed by atoms with Crippen LogP contribution in [0.4, 0.5) is 5.13 Å². The largest absolute Gasteiger partial charge is 0.302 e. The van der Waals surface area contributed by atoms with Crippen LogP contribution >= 0.6 is 11.3 Å². The second-order valence-electron chi connectivity index (χ2n) is 8.70. The van der Waals surface area contributed by atoms with E-state index in [0.29, 0.717) is 40.4 Å². The van der Waals surface area contributed by atoms with E-state index in [1.54, 1.807) is 18.2 Å². The van der Waals surface area contributed by atoms with Crippen molar-refractivity contribution in [3.63, 3.8) is 0 Å². The number of ketones is 1. The van der Waals surface area contributed by atoms with Crippen molar-refractivity contribution in [3.8, 4) is 0 Å². The van der Waals surface area contributed by atoms with Crippen molar-refractivity contribution in [2.45, 2.75) is 46.5 Å². The zero-order valence-corrected chi connectivity index (χ0v) is 18.0. The highest BCUT2D eigenvalue weighted by Crippen LogP contribution is 2.38. The first-order chi connectivity index (χ1) is 14.1. The summed E-state index contributed by atoms with van der Waals surface area (Å²) in [5.74, 6) is -0.808. The third kappa shape index (κ3) is 3.79. The minimum absolute atomic E-state index is 0.0695. The summed E-state index contributed by atoms with van der Waals surface area (Å²) in [6, 6.07) is 5.19. The van der Waals surface area contributed by atoms with E-state index < -0.39 is 0 Å². The number of benzene rings is 1. The Bertz CT molecular complexity index is 1090. The van der Waals surface area contributed by atoms with Crippen molar-refractivity contribution in [1.82, 2.24) is 9.88 Å². The molecule has 7 nitrogen and oxygen atoms in total. The summed E-state index contributed by atoms with van der Waals surface area (Å²) in [7, 11) is 0. The average molecular weight is 426 g/mol. The third-order valence-electron chi connectivity index (χ3n) is 5.39. The van der Waals surface area contributed by atoms with Gasteiger partial charge in [-0.15, -0.1) is 0 Å². The molecule has 1 aliphatic carbocycles. The number of hydrogen-bond acceptors (Lipinski definition) is 6. The van der Waals surface area contributed by atoms with E-state index in [-0.39, 0.29) is 41.9 Å². The Labute approximate surface area is 178 Å². The summed E-state index contributed by atoms with van der Waals surface area (Å²) >= 11 is 1.21. The Hall–Kier alpha value is -2.87. The van der Waals surface area contributed by atoms with Gasteiger partial charge in [-0.3, -0.25) is 24.1 Å². The van der Waals surface area contributed by atoms with Crippen LogP contribution in [-0.4, -0.2) is 39.9 Å². The standard InChI is InChI=1S/C22H23N3O4S/c1-12-6-7-13-14(9-12)20(29)25(19(13)28)8-4-5-17(27)24-21-23-15-10-22(2,3)11-16(26)18(15)30-21/h6-7,9H,4-5,8,10-11H2,1-3H3,(H,23,24,27). The fourth-order valence-electron chi connectivity index (χ4n) is 3.96. The van der Waals surface area contributed by atoms with Gasteiger partial charge >= 0.3 is 0 Å². The monoisotopic (exact) mass is 425 g/mol. The van der Waals surface area contributed by atoms with E-state index in [0.717, 1.165) is 11.3 Å². The minimum atomic E-state index is -0.316. The van der Waals surface area contributed by atoms with Crippen molar-refractivity contribution in [2.24, 2.45) is 5.41 Å². The van der Waals surface area contributed by atoms with E-state index in [4.69, 9.17) is 0 Å². The van der Waals surface area contributed by atoms with Gasteiger partial charge in [0, 0.05) is 19.4 Å². The van der Waals surface area contributed by atoms with Crippen molar-refractivity contribution in [1.29, 1.82) is 0 Å². The van der Waals surface area contributed by atoms with Gasteiger partial charge in [0.15, 0.2) is 10.9 Å². The summed E-state index contributed by atoms with van der Waals surface area (Å²) in [5, 5.41) is 3.17. The van der Waals surface area contributed by atoms with Gasteiger partial charge in [0.1, 0.15) is 0 Å². The molecule has 8 heteroatoms. The van der Waals surface area contributed by atoms with Gasteiger partial charge < -0.3 is 5.32 Å². The molecular weight excluding hydrogens is 402 g/mol. The second-order valence-corrected chi connectivity index (χ2v) is 9.70. The molecule has 0 spiro atoms. The molecule has 2 aromatic rings. The molecule has 2 heterocycles. The fraction of sp³-hybridized carbons (Fsp3) is 0.409. The summed E-state index contributed by atoms with van der Waals surface area (Å²) in [5.41, 5.74) is 2.38. The molecule has 0 unspecified atom stereocenters. The number of aryl methyl sites for hydroxylation is 1. The summed E-state index contributed by atoms with van der Waals surface area (Å²) in [6.45, 7) is 6.12. The number of Topliss-reactive ketones (excluding diaryl/α,β-unsaturated/α-hetero) is 1. The molecule has 1 aromatic heterocycles. The Morgan fingerprint density at radius 2 is 1.90 bits per heavy atom. The Kier molecular flexibility index (Phi) is 5.05. The van der Waals surface area contributed by atoms with Crippen LogP contribution in [0.1, 0.15) is 74.8 Å². The number of amides is 3. The van der Waals surface area contributed by atoms with E-state index in [9.17, 15) is 19.2 Å². The quantitative estimate of drug-likeness (QED) is 0.738. The Morgan fingerprint density at radius 1 is 1.17 bits per heavy atom. The number of carbonyl (C=O) groups excluding carboxylic acids is 4. The van der Waals surface area contributed by atoms with Crippen molar-refractivity contribution >= 4 is 40.0 Å². The van der Waals surface area contributed by atoms with Crippen LogP contribution in [0.15, 0.2) is 18.2 Å². The van der Waals surface area contributed by atoms with E-state index in [1.807, 2.05) is 20.8 Å². The molecule has 156 valence electrons. The molecule has 0 atom stereocenters. The number of anilines is 1. The van der Waals surface area contributed by atoms with Crippen molar-refractivity contribution < 1.29 is 19.2 Å². The van der Waals surface area contributed by atoms with Crippen LogP contribution in [0.3, 0.4) is 0 Å². The van der Waals surface area contributed by atoms with Gasteiger partial charge in [-0.05, 0) is 37.3 Å². The number of aromatic nitrogens is 1. The molecular formula is C22H23N3O4S. The van der Waals surface area contributed by atoms with E-state index >= 15 is 0 Å². The fourth-order valence-corrected chi connectivity index (χ4v) is 4.90. The molecule has 0 fully saturated rings. The number of rotatable bonds is 5. The van der Waals surface area contributed by atoms with Gasteiger partial charge in [-0.25, -0.2) is 4.98 Å². The molecule has 1 aromatic carbocycles. The molecule has 0 saturated heterocycles. The summed E-state index contributed by atoms with van der Waals surface area (Å²) < 4.78 is 0. The van der Waals surface area contributed by atoms with Gasteiger partial charge in [0.2, 0.25) is 5.91 Å². The maximum atomic E-state index is 12.5. The van der Waals surface area contributed by atoms with Crippen LogP contribution in [0.2, 0.25) is 0 Å². The highest BCUT2D eigenvalue weighted by Gasteiger charge is 2.35. The molecule has 30 heavy (non-hydrogen) atoms. The zero-order chi connectivity index (χ0) is 21.6. The molecule has 1 N–H and O–H groups in total. The summed E-state index contributed by atoms with van der Waals surface area (Å²) in [6.07, 6.45) is 1.69. The maximum Gasteiger partial charge on any atom is 0.261 e. The van der Waals surface area contributed by atoms with Crippen LogP contribution in [0, 0.1) is 12.3 Å². The lowest BCUT2D eigenvalue weighted by Gasteiger charge is -2.26. The molecule has 2 aliphatic rings. The predicted molar refractivity (Wildman–Crippen MR) is 113 cm³/mol. The maximum absolute atomic E-state index is 12.5. The molecule has 3 amide bonds. The molecule has 0 radical (unpaired) electrons. The van der Waals surface area contributed by atoms with Gasteiger partial charge in [0.25, 0.3) is 11.8 Å². The first-order valence-corrected chi connectivity index (χ1v) is 10.8. The SMILES string of the molecule is Cc1ccc2c(c1)C(=O)N(CCCC(=O)Nc1nc3c(s1)C(=O)CC(C)(C)C3)C2=O. The third-order valence-corrected chi connectivity index (χ3v) is 6.45.